The van der Waals surface area contributed by atoms with Crippen LogP contribution in [0.5, 0.6) is 0 Å². The maximum Gasteiger partial charge on any atom is 0.338 e. The Morgan fingerprint density at radius 1 is 1.18 bits per heavy atom. The zero-order valence-corrected chi connectivity index (χ0v) is 12.9. The maximum atomic E-state index is 13.1. The smallest absolute Gasteiger partial charge is 0.338 e. The van der Waals surface area contributed by atoms with E-state index in [1.54, 1.807) is 6.07 Å². The van der Waals surface area contributed by atoms with Crippen molar-refractivity contribution in [2.75, 3.05) is 13.6 Å². The molecule has 0 radical (unpaired) electrons. The number of carbonyl (C=O) groups excluding carboxylic acids is 1. The number of likely N-dealkylation sites (N-methyl/N-ethyl adjacent to an activating group) is 1. The molecule has 0 fully saturated rings. The van der Waals surface area contributed by atoms with Crippen molar-refractivity contribution in [2.45, 2.75) is 19.6 Å². The lowest BCUT2D eigenvalue weighted by molar-refractivity contribution is -0.896. The summed E-state index contributed by atoms with van der Waals surface area (Å²) < 4.78 is 18.5. The van der Waals surface area contributed by atoms with Gasteiger partial charge in [-0.25, -0.2) is 9.18 Å². The van der Waals surface area contributed by atoms with Gasteiger partial charge >= 0.3 is 5.97 Å². The van der Waals surface area contributed by atoms with Gasteiger partial charge in [0.25, 0.3) is 0 Å². The largest absolute Gasteiger partial charge is 0.453 e. The normalized spacial score (nSPS) is 13.4. The van der Waals surface area contributed by atoms with Crippen molar-refractivity contribution in [3.05, 3.63) is 71.5 Å². The van der Waals surface area contributed by atoms with Gasteiger partial charge in [-0.05, 0) is 25.1 Å². The lowest BCUT2D eigenvalue weighted by Gasteiger charge is -2.19. The minimum atomic E-state index is -0.487. The number of quaternary nitrogens is 1. The summed E-state index contributed by atoms with van der Waals surface area (Å²) in [6.07, 6.45) is -0.237. The first-order chi connectivity index (χ1) is 10.5. The number of nitrogens with one attached hydrogen (secondary N) is 1. The van der Waals surface area contributed by atoms with Crippen LogP contribution in [0.15, 0.2) is 54.6 Å². The third-order valence-corrected chi connectivity index (χ3v) is 3.35. The van der Waals surface area contributed by atoms with Crippen LogP contribution in [0.3, 0.4) is 0 Å². The van der Waals surface area contributed by atoms with E-state index < -0.39 is 11.8 Å². The predicted octanol–water partition coefficient (Wildman–Crippen LogP) is 2.09. The van der Waals surface area contributed by atoms with Gasteiger partial charge < -0.3 is 9.64 Å². The summed E-state index contributed by atoms with van der Waals surface area (Å²) in [5.74, 6) is -0.923. The summed E-state index contributed by atoms with van der Waals surface area (Å²) in [4.78, 5) is 13.2. The summed E-state index contributed by atoms with van der Waals surface area (Å²) in [5.41, 5.74) is 1.48. The zero-order valence-electron chi connectivity index (χ0n) is 12.9. The third kappa shape index (κ3) is 4.97. The molecule has 2 aromatic rings. The van der Waals surface area contributed by atoms with Crippen LogP contribution in [0.2, 0.25) is 0 Å². The van der Waals surface area contributed by atoms with Gasteiger partial charge in [0.05, 0.1) is 12.6 Å². The topological polar surface area (TPSA) is 30.7 Å². The number of esters is 1. The molecule has 116 valence electrons. The van der Waals surface area contributed by atoms with Crippen LogP contribution in [-0.4, -0.2) is 25.7 Å². The molecule has 4 heteroatoms. The van der Waals surface area contributed by atoms with Gasteiger partial charge in [-0.15, -0.1) is 0 Å². The molecule has 0 aliphatic carbocycles. The quantitative estimate of drug-likeness (QED) is 0.828. The highest BCUT2D eigenvalue weighted by Gasteiger charge is 2.16. The monoisotopic (exact) mass is 302 g/mol. The molecule has 0 bridgehead atoms. The molecule has 2 rings (SSSR count). The number of halogens is 1. The van der Waals surface area contributed by atoms with Crippen molar-refractivity contribution in [3.63, 3.8) is 0 Å². The third-order valence-electron chi connectivity index (χ3n) is 3.35. The minimum Gasteiger partial charge on any atom is -0.453 e. The van der Waals surface area contributed by atoms with E-state index in [4.69, 9.17) is 4.74 Å². The lowest BCUT2D eigenvalue weighted by atomic mass is 10.2. The Bertz CT molecular complexity index is 615. The second-order valence-corrected chi connectivity index (χ2v) is 5.55. The summed E-state index contributed by atoms with van der Waals surface area (Å²) in [6.45, 7) is 3.41. The summed E-state index contributed by atoms with van der Waals surface area (Å²) in [7, 11) is 2.06. The summed E-state index contributed by atoms with van der Waals surface area (Å²) in [5, 5.41) is 0. The molecule has 2 aromatic carbocycles. The van der Waals surface area contributed by atoms with Crippen molar-refractivity contribution in [2.24, 2.45) is 0 Å². The Balaban J connectivity index is 1.84. The fourth-order valence-corrected chi connectivity index (χ4v) is 2.42. The zero-order chi connectivity index (χ0) is 15.9. The van der Waals surface area contributed by atoms with E-state index in [2.05, 4.69) is 19.2 Å². The molecular formula is C18H21FNO2+. The molecule has 0 spiro atoms. The van der Waals surface area contributed by atoms with Crippen LogP contribution in [0.25, 0.3) is 0 Å². The van der Waals surface area contributed by atoms with Gasteiger partial charge in [-0.2, -0.15) is 0 Å². The Labute approximate surface area is 130 Å². The molecular weight excluding hydrogens is 281 g/mol. The molecule has 0 saturated heterocycles. The van der Waals surface area contributed by atoms with Crippen LogP contribution in [-0.2, 0) is 11.3 Å². The molecule has 1 N–H and O–H groups in total. The van der Waals surface area contributed by atoms with Crippen LogP contribution < -0.4 is 4.90 Å². The number of hydrogen-bond acceptors (Lipinski definition) is 2. The van der Waals surface area contributed by atoms with Crippen LogP contribution >= 0.6 is 0 Å². The van der Waals surface area contributed by atoms with Gasteiger partial charge in [-0.3, -0.25) is 0 Å². The van der Waals surface area contributed by atoms with Crippen molar-refractivity contribution in [1.82, 2.24) is 0 Å². The Morgan fingerprint density at radius 3 is 2.59 bits per heavy atom. The Kier molecular flexibility index (Phi) is 5.67. The first-order valence-corrected chi connectivity index (χ1v) is 7.36. The molecule has 0 aliphatic heterocycles. The standard InChI is InChI=1S/C18H20FNO2/c1-14(12-20(2)13-15-7-4-3-5-8-15)22-18(21)16-9-6-10-17(19)11-16/h3-11,14H,12-13H2,1-2H3/p+1/t14-/m1/s1. The number of carbonyl (C=O) groups is 1. The van der Waals surface area contributed by atoms with E-state index in [1.807, 2.05) is 25.1 Å². The summed E-state index contributed by atoms with van der Waals surface area (Å²) >= 11 is 0. The van der Waals surface area contributed by atoms with Crippen LogP contribution in [0.4, 0.5) is 4.39 Å². The fourth-order valence-electron chi connectivity index (χ4n) is 2.42. The van der Waals surface area contributed by atoms with E-state index in [1.165, 1.54) is 28.7 Å². The van der Waals surface area contributed by atoms with E-state index in [0.717, 1.165) is 6.54 Å². The van der Waals surface area contributed by atoms with Crippen molar-refractivity contribution in [3.8, 4) is 0 Å². The Hall–Kier alpha value is -2.20. The second-order valence-electron chi connectivity index (χ2n) is 5.55. The average Bonchev–Trinajstić information content (AvgIpc) is 2.47. The Morgan fingerprint density at radius 2 is 1.91 bits per heavy atom. The first-order valence-electron chi connectivity index (χ1n) is 7.36. The van der Waals surface area contributed by atoms with Crippen LogP contribution in [0.1, 0.15) is 22.8 Å². The molecule has 0 amide bonds. The first kappa shape index (κ1) is 16.2. The van der Waals surface area contributed by atoms with Crippen LogP contribution in [0, 0.1) is 5.82 Å². The number of benzene rings is 2. The highest BCUT2D eigenvalue weighted by molar-refractivity contribution is 5.89. The SMILES string of the molecule is C[C@H](C[NH+](C)Cc1ccccc1)OC(=O)c1cccc(F)c1. The second kappa shape index (κ2) is 7.71. The van der Waals surface area contributed by atoms with Gasteiger partial charge in [0, 0.05) is 5.56 Å². The van der Waals surface area contributed by atoms with Crippen molar-refractivity contribution >= 4 is 5.97 Å². The predicted molar refractivity (Wildman–Crippen MR) is 83.2 cm³/mol. The molecule has 0 saturated carbocycles. The lowest BCUT2D eigenvalue weighted by Crippen LogP contribution is -3.08. The van der Waals surface area contributed by atoms with Gasteiger partial charge in [0.2, 0.25) is 0 Å². The number of hydrogen-bond donors (Lipinski definition) is 1. The number of ether oxygens (including phenoxy) is 1. The molecule has 0 aliphatic rings. The summed E-state index contributed by atoms with van der Waals surface area (Å²) in [6, 6.07) is 15.7. The number of rotatable bonds is 6. The average molecular weight is 302 g/mol. The van der Waals surface area contributed by atoms with E-state index in [-0.39, 0.29) is 11.7 Å². The fraction of sp³-hybridized carbons (Fsp3) is 0.278. The molecule has 22 heavy (non-hydrogen) atoms. The molecule has 3 nitrogen and oxygen atoms in total. The molecule has 0 heterocycles. The van der Waals surface area contributed by atoms with Crippen molar-refractivity contribution in [1.29, 1.82) is 0 Å². The minimum absolute atomic E-state index is 0.237. The van der Waals surface area contributed by atoms with Gasteiger partial charge in [0.15, 0.2) is 0 Å². The highest BCUT2D eigenvalue weighted by atomic mass is 19.1. The van der Waals surface area contributed by atoms with E-state index in [0.29, 0.717) is 6.54 Å². The maximum absolute atomic E-state index is 13.1. The van der Waals surface area contributed by atoms with Gasteiger partial charge in [-0.1, -0.05) is 36.4 Å². The molecule has 1 unspecified atom stereocenters. The van der Waals surface area contributed by atoms with E-state index >= 15 is 0 Å². The molecule has 0 aromatic heterocycles. The van der Waals surface area contributed by atoms with Crippen molar-refractivity contribution < 1.29 is 18.8 Å². The van der Waals surface area contributed by atoms with Gasteiger partial charge in [0.1, 0.15) is 25.0 Å². The van der Waals surface area contributed by atoms with E-state index in [9.17, 15) is 9.18 Å². The molecule has 2 atom stereocenters. The highest BCUT2D eigenvalue weighted by Crippen LogP contribution is 2.06.